The molecular formula is C27H15N5. The molecule has 0 fully saturated rings. The molecule has 0 radical (unpaired) electrons. The molecule has 0 unspecified atom stereocenters. The highest BCUT2D eigenvalue weighted by atomic mass is 15.2. The van der Waals surface area contributed by atoms with Crippen molar-refractivity contribution in [1.29, 1.82) is 0 Å². The molecule has 0 N–H and O–H groups in total. The van der Waals surface area contributed by atoms with Crippen LogP contribution in [0.1, 0.15) is 0 Å². The number of nitrogens with zero attached hydrogens (tertiary/aromatic N) is 5. The lowest BCUT2D eigenvalue weighted by atomic mass is 10.0. The highest BCUT2D eigenvalue weighted by molar-refractivity contribution is 6.19. The van der Waals surface area contributed by atoms with E-state index >= 15 is 0 Å². The zero-order valence-electron chi connectivity index (χ0n) is 16.9. The van der Waals surface area contributed by atoms with Gasteiger partial charge in [-0.25, -0.2) is 15.0 Å². The summed E-state index contributed by atoms with van der Waals surface area (Å²) >= 11 is 0. The first-order valence-corrected chi connectivity index (χ1v) is 10.6. The van der Waals surface area contributed by atoms with Crippen LogP contribution >= 0.6 is 0 Å². The normalized spacial score (nSPS) is 12.4. The van der Waals surface area contributed by atoms with Gasteiger partial charge in [0.05, 0.1) is 27.6 Å². The van der Waals surface area contributed by atoms with Crippen molar-refractivity contribution in [3.8, 4) is 11.4 Å². The summed E-state index contributed by atoms with van der Waals surface area (Å²) < 4.78 is 4.57. The molecule has 4 aromatic carbocycles. The molecular weight excluding hydrogens is 394 g/mol. The molecule has 0 aliphatic rings. The van der Waals surface area contributed by atoms with Gasteiger partial charge in [0.25, 0.3) is 0 Å². The van der Waals surface area contributed by atoms with Gasteiger partial charge in [0, 0.05) is 28.7 Å². The number of hydrogen-bond donors (Lipinski definition) is 0. The van der Waals surface area contributed by atoms with Crippen LogP contribution in [0.3, 0.4) is 0 Å². The predicted octanol–water partition coefficient (Wildman–Crippen LogP) is 6.09. The van der Waals surface area contributed by atoms with Crippen LogP contribution in [0.15, 0.2) is 91.3 Å². The maximum Gasteiger partial charge on any atom is 0.220 e. The smallest absolute Gasteiger partial charge is 0.220 e. The number of para-hydroxylation sites is 2. The third-order valence-corrected chi connectivity index (χ3v) is 6.52. The Morgan fingerprint density at radius 1 is 0.594 bits per heavy atom. The van der Waals surface area contributed by atoms with E-state index in [4.69, 9.17) is 4.98 Å². The number of fused-ring (bicyclic) bond motifs is 9. The fourth-order valence-corrected chi connectivity index (χ4v) is 5.17. The van der Waals surface area contributed by atoms with Crippen molar-refractivity contribution in [1.82, 2.24) is 23.8 Å². The standard InChI is InChI=1S/C27H15N5/c1-2-7-17-14-23-19(12-16(17)6-1)20-13-18(26-28-10-5-11-29-26)15-24-25(20)32(23)27-30-21-8-3-4-9-22(21)31(24)27/h1-15H. The Bertz CT molecular complexity index is 1980. The third-order valence-electron chi connectivity index (χ3n) is 6.52. The average molecular weight is 409 g/mol. The lowest BCUT2D eigenvalue weighted by Crippen LogP contribution is -1.88. The lowest BCUT2D eigenvalue weighted by molar-refractivity contribution is 1.18. The molecule has 4 aromatic heterocycles. The second-order valence-electron chi connectivity index (χ2n) is 8.25. The van der Waals surface area contributed by atoms with E-state index in [-0.39, 0.29) is 0 Å². The summed E-state index contributed by atoms with van der Waals surface area (Å²) in [7, 11) is 0. The fourth-order valence-electron chi connectivity index (χ4n) is 5.17. The summed E-state index contributed by atoms with van der Waals surface area (Å²) in [6, 6.07) is 27.7. The van der Waals surface area contributed by atoms with E-state index in [9.17, 15) is 0 Å². The van der Waals surface area contributed by atoms with E-state index < -0.39 is 0 Å². The monoisotopic (exact) mass is 409 g/mol. The Balaban J connectivity index is 1.68. The summed E-state index contributed by atoms with van der Waals surface area (Å²) in [4.78, 5) is 14.1. The maximum atomic E-state index is 5.03. The molecule has 0 saturated heterocycles. The van der Waals surface area contributed by atoms with Gasteiger partial charge in [0.2, 0.25) is 5.78 Å². The van der Waals surface area contributed by atoms with Gasteiger partial charge in [-0.15, -0.1) is 0 Å². The molecule has 0 saturated carbocycles. The van der Waals surface area contributed by atoms with Crippen molar-refractivity contribution in [2.24, 2.45) is 0 Å². The topological polar surface area (TPSA) is 47.5 Å². The Morgan fingerprint density at radius 3 is 2.25 bits per heavy atom. The quantitative estimate of drug-likeness (QED) is 0.329. The molecule has 32 heavy (non-hydrogen) atoms. The van der Waals surface area contributed by atoms with Gasteiger partial charge < -0.3 is 0 Å². The summed E-state index contributed by atoms with van der Waals surface area (Å²) in [6.07, 6.45) is 3.58. The minimum absolute atomic E-state index is 0.727. The Morgan fingerprint density at radius 2 is 1.38 bits per heavy atom. The summed E-state index contributed by atoms with van der Waals surface area (Å²) in [5.74, 6) is 1.66. The summed E-state index contributed by atoms with van der Waals surface area (Å²) in [5, 5.41) is 4.87. The molecule has 0 amide bonds. The van der Waals surface area contributed by atoms with Crippen molar-refractivity contribution < 1.29 is 0 Å². The summed E-state index contributed by atoms with van der Waals surface area (Å²) in [6.45, 7) is 0. The highest BCUT2D eigenvalue weighted by Gasteiger charge is 2.22. The van der Waals surface area contributed by atoms with Crippen LogP contribution in [-0.4, -0.2) is 23.8 Å². The van der Waals surface area contributed by atoms with Crippen LogP contribution in [0.25, 0.3) is 66.3 Å². The second kappa shape index (κ2) is 5.59. The zero-order valence-corrected chi connectivity index (χ0v) is 16.9. The molecule has 8 rings (SSSR count). The first-order valence-electron chi connectivity index (χ1n) is 10.6. The number of imidazole rings is 2. The van der Waals surface area contributed by atoms with Crippen LogP contribution in [0.2, 0.25) is 0 Å². The number of hydrogen-bond acceptors (Lipinski definition) is 3. The van der Waals surface area contributed by atoms with Gasteiger partial charge in [-0.3, -0.25) is 8.80 Å². The molecule has 0 spiro atoms. The van der Waals surface area contributed by atoms with E-state index in [1.165, 1.54) is 32.6 Å². The third kappa shape index (κ3) is 1.91. The first kappa shape index (κ1) is 16.2. The predicted molar refractivity (Wildman–Crippen MR) is 128 cm³/mol. The maximum absolute atomic E-state index is 5.03. The van der Waals surface area contributed by atoms with E-state index in [1.54, 1.807) is 12.4 Å². The Kier molecular flexibility index (Phi) is 2.83. The molecule has 4 heterocycles. The van der Waals surface area contributed by atoms with Gasteiger partial charge in [-0.2, -0.15) is 0 Å². The van der Waals surface area contributed by atoms with Gasteiger partial charge in [0.15, 0.2) is 5.82 Å². The second-order valence-corrected chi connectivity index (χ2v) is 8.25. The van der Waals surface area contributed by atoms with Crippen LogP contribution in [0, 0.1) is 0 Å². The SMILES string of the molecule is c1cnc(-c2cc3c4cc5ccccc5cc4n4c3c(c2)n2c3ccccc3nc24)nc1. The highest BCUT2D eigenvalue weighted by Crippen LogP contribution is 2.40. The van der Waals surface area contributed by atoms with Gasteiger partial charge in [0.1, 0.15) is 0 Å². The van der Waals surface area contributed by atoms with Gasteiger partial charge in [-0.1, -0.05) is 36.4 Å². The molecule has 0 atom stereocenters. The van der Waals surface area contributed by atoms with E-state index in [2.05, 4.69) is 85.5 Å². The number of rotatable bonds is 1. The van der Waals surface area contributed by atoms with Crippen molar-refractivity contribution in [2.45, 2.75) is 0 Å². The fraction of sp³-hybridized carbons (Fsp3) is 0. The van der Waals surface area contributed by atoms with Crippen LogP contribution in [0.4, 0.5) is 0 Å². The average Bonchev–Trinajstić information content (AvgIpc) is 3.48. The number of aromatic nitrogens is 5. The largest absolute Gasteiger partial charge is 0.277 e. The first-order chi connectivity index (χ1) is 15.9. The van der Waals surface area contributed by atoms with Crippen LogP contribution < -0.4 is 0 Å². The Labute approximate surface area is 181 Å². The van der Waals surface area contributed by atoms with Gasteiger partial charge >= 0.3 is 0 Å². The van der Waals surface area contributed by atoms with Crippen molar-refractivity contribution in [3.05, 3.63) is 91.3 Å². The molecule has 8 aromatic rings. The molecule has 5 heteroatoms. The van der Waals surface area contributed by atoms with Crippen molar-refractivity contribution in [2.75, 3.05) is 0 Å². The van der Waals surface area contributed by atoms with Crippen molar-refractivity contribution in [3.63, 3.8) is 0 Å². The lowest BCUT2D eigenvalue weighted by Gasteiger charge is -2.03. The van der Waals surface area contributed by atoms with E-state index in [0.29, 0.717) is 0 Å². The number of benzene rings is 4. The molecule has 148 valence electrons. The summed E-state index contributed by atoms with van der Waals surface area (Å²) in [5.41, 5.74) is 6.57. The van der Waals surface area contributed by atoms with Crippen molar-refractivity contribution >= 4 is 54.9 Å². The molecule has 0 bridgehead atoms. The van der Waals surface area contributed by atoms with Crippen LogP contribution in [-0.2, 0) is 0 Å². The minimum Gasteiger partial charge on any atom is -0.277 e. The molecule has 0 aliphatic heterocycles. The molecule has 5 nitrogen and oxygen atoms in total. The molecule has 0 aliphatic carbocycles. The zero-order chi connectivity index (χ0) is 20.8. The van der Waals surface area contributed by atoms with E-state index in [0.717, 1.165) is 33.7 Å². The minimum atomic E-state index is 0.727. The van der Waals surface area contributed by atoms with Gasteiger partial charge in [-0.05, 0) is 53.2 Å². The van der Waals surface area contributed by atoms with E-state index in [1.807, 2.05) is 12.1 Å². The van der Waals surface area contributed by atoms with Crippen LogP contribution in [0.5, 0.6) is 0 Å². The Hall–Kier alpha value is -4.51.